The third-order valence-electron chi connectivity index (χ3n) is 3.12. The van der Waals surface area contributed by atoms with Gasteiger partial charge < -0.3 is 10.4 Å². The summed E-state index contributed by atoms with van der Waals surface area (Å²) in [6.07, 6.45) is 1.68. The van der Waals surface area contributed by atoms with Gasteiger partial charge in [0, 0.05) is 23.3 Å². The van der Waals surface area contributed by atoms with Gasteiger partial charge in [0.15, 0.2) is 0 Å². The van der Waals surface area contributed by atoms with E-state index < -0.39 is 5.82 Å². The maximum Gasteiger partial charge on any atom is 0.150 e. The first-order chi connectivity index (χ1) is 9.63. The predicted octanol–water partition coefficient (Wildman–Crippen LogP) is 4.13. The number of nitrogens with zero attached hydrogens (tertiary/aromatic N) is 1. The van der Waals surface area contributed by atoms with E-state index in [1.807, 2.05) is 25.1 Å². The lowest BCUT2D eigenvalue weighted by Crippen LogP contribution is -1.95. The normalized spacial score (nSPS) is 10.7. The van der Waals surface area contributed by atoms with Crippen molar-refractivity contribution in [2.45, 2.75) is 6.92 Å². The highest BCUT2D eigenvalue weighted by Gasteiger charge is 2.06. The third-order valence-corrected chi connectivity index (χ3v) is 3.12. The molecule has 3 nitrogen and oxygen atoms in total. The molecule has 0 saturated heterocycles. The summed E-state index contributed by atoms with van der Waals surface area (Å²) in [5.41, 5.74) is 3.07. The molecule has 0 unspecified atom stereocenters. The Bertz CT molecular complexity index is 787. The number of hydrogen-bond acceptors (Lipinski definition) is 3. The molecule has 0 radical (unpaired) electrons. The first-order valence-corrected chi connectivity index (χ1v) is 6.24. The molecule has 0 amide bonds. The van der Waals surface area contributed by atoms with Gasteiger partial charge in [-0.2, -0.15) is 0 Å². The summed E-state index contributed by atoms with van der Waals surface area (Å²) < 4.78 is 13.8. The molecule has 20 heavy (non-hydrogen) atoms. The second-order valence-corrected chi connectivity index (χ2v) is 4.67. The van der Waals surface area contributed by atoms with E-state index in [0.29, 0.717) is 5.69 Å². The zero-order valence-electron chi connectivity index (χ0n) is 10.9. The zero-order chi connectivity index (χ0) is 14.1. The van der Waals surface area contributed by atoms with E-state index in [-0.39, 0.29) is 5.75 Å². The van der Waals surface area contributed by atoms with Gasteiger partial charge in [0.25, 0.3) is 0 Å². The number of pyridine rings is 1. The number of aromatic nitrogens is 1. The van der Waals surface area contributed by atoms with Crippen molar-refractivity contribution < 1.29 is 9.50 Å². The fourth-order valence-corrected chi connectivity index (χ4v) is 2.12. The molecule has 2 N–H and O–H groups in total. The topological polar surface area (TPSA) is 45.1 Å². The Labute approximate surface area is 115 Å². The average Bonchev–Trinajstić information content (AvgIpc) is 2.41. The maximum atomic E-state index is 13.8. The van der Waals surface area contributed by atoms with Gasteiger partial charge in [-0.3, -0.25) is 4.98 Å². The van der Waals surface area contributed by atoms with E-state index in [1.165, 1.54) is 12.1 Å². The molecule has 0 aliphatic rings. The number of phenols is 1. The van der Waals surface area contributed by atoms with E-state index in [4.69, 9.17) is 0 Å². The largest absolute Gasteiger partial charge is 0.508 e. The molecule has 0 bridgehead atoms. The van der Waals surface area contributed by atoms with Crippen LogP contribution in [-0.4, -0.2) is 10.1 Å². The monoisotopic (exact) mass is 268 g/mol. The number of phenolic OH excluding ortho intramolecular Hbond substituents is 1. The van der Waals surface area contributed by atoms with Crippen molar-refractivity contribution in [3.05, 3.63) is 60.0 Å². The van der Waals surface area contributed by atoms with Crippen molar-refractivity contribution in [3.63, 3.8) is 0 Å². The Morgan fingerprint density at radius 3 is 2.70 bits per heavy atom. The zero-order valence-corrected chi connectivity index (χ0v) is 10.9. The lowest BCUT2D eigenvalue weighted by atomic mass is 10.1. The molecule has 100 valence electrons. The van der Waals surface area contributed by atoms with Crippen LogP contribution in [0.2, 0.25) is 0 Å². The minimum Gasteiger partial charge on any atom is -0.508 e. The molecule has 2 aromatic carbocycles. The summed E-state index contributed by atoms with van der Waals surface area (Å²) in [5.74, 6) is -0.592. The lowest BCUT2D eigenvalue weighted by molar-refractivity contribution is 0.469. The summed E-state index contributed by atoms with van der Waals surface area (Å²) in [6, 6.07) is 11.7. The van der Waals surface area contributed by atoms with Gasteiger partial charge in [-0.05, 0) is 36.8 Å². The van der Waals surface area contributed by atoms with E-state index in [2.05, 4.69) is 10.3 Å². The van der Waals surface area contributed by atoms with Gasteiger partial charge in [0.2, 0.25) is 0 Å². The van der Waals surface area contributed by atoms with Crippen molar-refractivity contribution in [3.8, 4) is 5.75 Å². The second kappa shape index (κ2) is 4.81. The fourth-order valence-electron chi connectivity index (χ4n) is 2.12. The molecule has 0 spiro atoms. The van der Waals surface area contributed by atoms with Gasteiger partial charge in [-0.1, -0.05) is 12.1 Å². The first kappa shape index (κ1) is 12.4. The number of halogens is 1. The maximum absolute atomic E-state index is 13.8. The van der Waals surface area contributed by atoms with Gasteiger partial charge in [0.1, 0.15) is 11.6 Å². The van der Waals surface area contributed by atoms with Gasteiger partial charge >= 0.3 is 0 Å². The van der Waals surface area contributed by atoms with E-state index in [9.17, 15) is 9.50 Å². The molecule has 1 heterocycles. The molecule has 3 aromatic rings. The van der Waals surface area contributed by atoms with Gasteiger partial charge in [-0.25, -0.2) is 4.39 Å². The summed E-state index contributed by atoms with van der Waals surface area (Å²) in [7, 11) is 0. The van der Waals surface area contributed by atoms with Crippen LogP contribution in [0.5, 0.6) is 5.75 Å². The van der Waals surface area contributed by atoms with Gasteiger partial charge in [-0.15, -0.1) is 0 Å². The third kappa shape index (κ3) is 2.28. The number of benzene rings is 2. The molecule has 0 atom stereocenters. The molecule has 0 fully saturated rings. The van der Waals surface area contributed by atoms with Crippen LogP contribution in [0.4, 0.5) is 15.8 Å². The number of fused-ring (bicyclic) bond motifs is 1. The predicted molar refractivity (Wildman–Crippen MR) is 77.8 cm³/mol. The number of aryl methyl sites for hydroxylation is 1. The Morgan fingerprint density at radius 2 is 1.90 bits per heavy atom. The minimum absolute atomic E-state index is 0.0942. The number of hydrogen-bond donors (Lipinski definition) is 2. The highest BCUT2D eigenvalue weighted by atomic mass is 19.1. The molecule has 0 aliphatic carbocycles. The number of rotatable bonds is 2. The van der Waals surface area contributed by atoms with Crippen LogP contribution in [0, 0.1) is 12.7 Å². The van der Waals surface area contributed by atoms with Crippen LogP contribution in [0.25, 0.3) is 10.9 Å². The standard InChI is InChI=1S/C16H13FN2O/c1-10-2-4-12-14(6-7-18-16(12)8-10)19-15-5-3-11(20)9-13(15)17/h2-9,20H,1H3,(H,18,19). The van der Waals surface area contributed by atoms with Crippen LogP contribution in [0.1, 0.15) is 5.56 Å². The van der Waals surface area contributed by atoms with Crippen molar-refractivity contribution in [1.29, 1.82) is 0 Å². The SMILES string of the molecule is Cc1ccc2c(Nc3ccc(O)cc3F)ccnc2c1. The van der Waals surface area contributed by atoms with E-state index in [1.54, 1.807) is 12.3 Å². The number of anilines is 2. The highest BCUT2D eigenvalue weighted by Crippen LogP contribution is 2.28. The van der Waals surface area contributed by atoms with Crippen molar-refractivity contribution >= 4 is 22.3 Å². The van der Waals surface area contributed by atoms with E-state index >= 15 is 0 Å². The minimum atomic E-state index is -0.498. The van der Waals surface area contributed by atoms with Gasteiger partial charge in [0.05, 0.1) is 11.2 Å². The molecule has 0 aliphatic heterocycles. The number of nitrogens with one attached hydrogen (secondary N) is 1. The fraction of sp³-hybridized carbons (Fsp3) is 0.0625. The highest BCUT2D eigenvalue weighted by molar-refractivity contribution is 5.93. The molecule has 1 aromatic heterocycles. The Hall–Kier alpha value is -2.62. The van der Waals surface area contributed by atoms with Crippen LogP contribution >= 0.6 is 0 Å². The molecule has 4 heteroatoms. The summed E-state index contributed by atoms with van der Waals surface area (Å²) in [5, 5.41) is 13.2. The van der Waals surface area contributed by atoms with Crippen LogP contribution in [-0.2, 0) is 0 Å². The average molecular weight is 268 g/mol. The molecular weight excluding hydrogens is 255 g/mol. The summed E-state index contributed by atoms with van der Waals surface area (Å²) in [6.45, 7) is 2.00. The van der Waals surface area contributed by atoms with Crippen molar-refractivity contribution in [2.24, 2.45) is 0 Å². The van der Waals surface area contributed by atoms with Crippen molar-refractivity contribution in [2.75, 3.05) is 5.32 Å². The Balaban J connectivity index is 2.06. The Kier molecular flexibility index (Phi) is 2.99. The Morgan fingerprint density at radius 1 is 1.05 bits per heavy atom. The quantitative estimate of drug-likeness (QED) is 0.687. The number of aromatic hydroxyl groups is 1. The second-order valence-electron chi connectivity index (χ2n) is 4.67. The summed E-state index contributed by atoms with van der Waals surface area (Å²) >= 11 is 0. The van der Waals surface area contributed by atoms with E-state index in [0.717, 1.165) is 28.2 Å². The molecular formula is C16H13FN2O. The molecule has 3 rings (SSSR count). The first-order valence-electron chi connectivity index (χ1n) is 6.24. The molecule has 0 saturated carbocycles. The summed E-state index contributed by atoms with van der Waals surface area (Å²) in [4.78, 5) is 4.31. The van der Waals surface area contributed by atoms with Crippen LogP contribution in [0.15, 0.2) is 48.7 Å². The van der Waals surface area contributed by atoms with Crippen molar-refractivity contribution in [1.82, 2.24) is 4.98 Å². The van der Waals surface area contributed by atoms with Crippen LogP contribution < -0.4 is 5.32 Å². The lowest BCUT2D eigenvalue weighted by Gasteiger charge is -2.10. The van der Waals surface area contributed by atoms with Crippen LogP contribution in [0.3, 0.4) is 0 Å². The smallest absolute Gasteiger partial charge is 0.150 e.